The van der Waals surface area contributed by atoms with Crippen molar-refractivity contribution in [2.24, 2.45) is 0 Å². The van der Waals surface area contributed by atoms with Crippen molar-refractivity contribution in [3.63, 3.8) is 0 Å². The molecule has 2 aliphatic heterocycles. The van der Waals surface area contributed by atoms with Crippen LogP contribution in [0.4, 0.5) is 10.5 Å². The van der Waals surface area contributed by atoms with Crippen molar-refractivity contribution in [2.75, 3.05) is 26.2 Å². The van der Waals surface area contributed by atoms with Gasteiger partial charge >= 0.3 is 6.03 Å². The maximum Gasteiger partial charge on any atom is 0.317 e. The molecule has 0 radical (unpaired) electrons. The predicted molar refractivity (Wildman–Crippen MR) is 77.3 cm³/mol. The molecule has 7 nitrogen and oxygen atoms in total. The number of carbonyl (C=O) groups is 1. The van der Waals surface area contributed by atoms with Gasteiger partial charge in [0.25, 0.3) is 5.69 Å². The van der Waals surface area contributed by atoms with Crippen molar-refractivity contribution in [2.45, 2.75) is 12.6 Å². The highest BCUT2D eigenvalue weighted by Gasteiger charge is 2.35. The van der Waals surface area contributed by atoms with Crippen LogP contribution in [0.2, 0.25) is 5.02 Å². The van der Waals surface area contributed by atoms with Crippen LogP contribution < -0.4 is 5.32 Å². The molecule has 3 rings (SSSR count). The van der Waals surface area contributed by atoms with Crippen molar-refractivity contribution in [3.8, 4) is 0 Å². The van der Waals surface area contributed by atoms with E-state index in [2.05, 4.69) is 10.2 Å². The maximum atomic E-state index is 11.5. The number of hydrogen-bond acceptors (Lipinski definition) is 4. The summed E-state index contributed by atoms with van der Waals surface area (Å²) < 4.78 is 0. The number of benzene rings is 1. The van der Waals surface area contributed by atoms with Crippen LogP contribution in [0.1, 0.15) is 5.56 Å². The Kier molecular flexibility index (Phi) is 3.69. The second-order valence-electron chi connectivity index (χ2n) is 5.30. The Balaban J connectivity index is 1.71. The van der Waals surface area contributed by atoms with E-state index in [0.29, 0.717) is 24.7 Å². The predicted octanol–water partition coefficient (Wildman–Crippen LogP) is 1.46. The molecule has 0 saturated carbocycles. The average Bonchev–Trinajstić information content (AvgIpc) is 2.82. The van der Waals surface area contributed by atoms with E-state index in [4.69, 9.17) is 11.6 Å². The van der Waals surface area contributed by atoms with Gasteiger partial charge in [0.05, 0.1) is 11.0 Å². The zero-order valence-corrected chi connectivity index (χ0v) is 12.0. The molecular formula is C13H15ClN4O3. The van der Waals surface area contributed by atoms with Crippen molar-refractivity contribution in [1.82, 2.24) is 15.1 Å². The Morgan fingerprint density at radius 2 is 2.24 bits per heavy atom. The quantitative estimate of drug-likeness (QED) is 0.677. The molecule has 0 aliphatic carbocycles. The minimum Gasteiger partial charge on any atom is -0.336 e. The number of urea groups is 1. The minimum absolute atomic E-state index is 0.00645. The molecule has 0 aromatic heterocycles. The van der Waals surface area contributed by atoms with Crippen LogP contribution in [0.15, 0.2) is 18.2 Å². The average molecular weight is 311 g/mol. The monoisotopic (exact) mass is 310 g/mol. The van der Waals surface area contributed by atoms with Crippen LogP contribution in [0, 0.1) is 10.1 Å². The first kappa shape index (κ1) is 14.1. The normalized spacial score (nSPS) is 22.0. The largest absolute Gasteiger partial charge is 0.336 e. The summed E-state index contributed by atoms with van der Waals surface area (Å²) in [5.41, 5.74) is 0.794. The van der Waals surface area contributed by atoms with E-state index in [0.717, 1.165) is 18.7 Å². The summed E-state index contributed by atoms with van der Waals surface area (Å²) in [6.07, 6.45) is 0. The molecule has 2 amide bonds. The van der Waals surface area contributed by atoms with Gasteiger partial charge < -0.3 is 10.2 Å². The van der Waals surface area contributed by atoms with Gasteiger partial charge in [-0.3, -0.25) is 15.0 Å². The standard InChI is InChI=1S/C13H15ClN4O3/c14-12-2-1-10(18(20)21)5-9(12)7-16-3-4-17-11(8-16)6-15-13(17)19/h1-2,5,11H,3-4,6-8H2,(H,15,19). The number of nitro groups is 1. The van der Waals surface area contributed by atoms with Crippen LogP contribution in [0.25, 0.3) is 0 Å². The Morgan fingerprint density at radius 1 is 1.43 bits per heavy atom. The van der Waals surface area contributed by atoms with Crippen LogP contribution in [0.3, 0.4) is 0 Å². The summed E-state index contributed by atoms with van der Waals surface area (Å²) in [6, 6.07) is 4.65. The molecule has 8 heteroatoms. The second kappa shape index (κ2) is 5.50. The summed E-state index contributed by atoms with van der Waals surface area (Å²) in [7, 11) is 0. The van der Waals surface area contributed by atoms with Crippen LogP contribution in [-0.4, -0.2) is 53.0 Å². The highest BCUT2D eigenvalue weighted by atomic mass is 35.5. The van der Waals surface area contributed by atoms with Gasteiger partial charge in [-0.2, -0.15) is 0 Å². The SMILES string of the molecule is O=C1NCC2CN(Cc3cc([N+](=O)[O-])ccc3Cl)CCN12. The first-order chi connectivity index (χ1) is 10.0. The maximum absolute atomic E-state index is 11.5. The van der Waals surface area contributed by atoms with Gasteiger partial charge in [0, 0.05) is 49.9 Å². The molecule has 2 saturated heterocycles. The smallest absolute Gasteiger partial charge is 0.317 e. The van der Waals surface area contributed by atoms with Gasteiger partial charge in [-0.25, -0.2) is 4.79 Å². The summed E-state index contributed by atoms with van der Waals surface area (Å²) in [4.78, 5) is 26.0. The molecule has 1 atom stereocenters. The fraction of sp³-hybridized carbons (Fsp3) is 0.462. The highest BCUT2D eigenvalue weighted by molar-refractivity contribution is 6.31. The van der Waals surface area contributed by atoms with Gasteiger partial charge in [0.2, 0.25) is 0 Å². The summed E-state index contributed by atoms with van der Waals surface area (Å²) >= 11 is 6.13. The first-order valence-electron chi connectivity index (χ1n) is 6.74. The molecule has 0 bridgehead atoms. The molecule has 1 aromatic rings. The Hall–Kier alpha value is -1.86. The van der Waals surface area contributed by atoms with E-state index in [1.54, 1.807) is 6.07 Å². The van der Waals surface area contributed by atoms with Gasteiger partial charge in [-0.1, -0.05) is 11.6 Å². The Labute approximate surface area is 126 Å². The zero-order chi connectivity index (χ0) is 15.0. The topological polar surface area (TPSA) is 78.7 Å². The number of fused-ring (bicyclic) bond motifs is 1. The van der Waals surface area contributed by atoms with E-state index in [-0.39, 0.29) is 17.8 Å². The molecule has 21 heavy (non-hydrogen) atoms. The highest BCUT2D eigenvalue weighted by Crippen LogP contribution is 2.25. The molecule has 1 unspecified atom stereocenters. The third-order valence-electron chi connectivity index (χ3n) is 3.95. The van der Waals surface area contributed by atoms with Crippen molar-refractivity contribution >= 4 is 23.3 Å². The molecular weight excluding hydrogens is 296 g/mol. The summed E-state index contributed by atoms with van der Waals surface area (Å²) in [6.45, 7) is 3.36. The number of nitrogens with zero attached hydrogens (tertiary/aromatic N) is 3. The number of rotatable bonds is 3. The van der Waals surface area contributed by atoms with E-state index in [1.165, 1.54) is 12.1 Å². The molecule has 0 spiro atoms. The van der Waals surface area contributed by atoms with E-state index >= 15 is 0 Å². The Morgan fingerprint density at radius 3 is 3.00 bits per heavy atom. The number of hydrogen-bond donors (Lipinski definition) is 1. The molecule has 2 fully saturated rings. The molecule has 2 heterocycles. The lowest BCUT2D eigenvalue weighted by molar-refractivity contribution is -0.384. The fourth-order valence-corrected chi connectivity index (χ4v) is 3.03. The summed E-state index contributed by atoms with van der Waals surface area (Å²) in [5.74, 6) is 0. The van der Waals surface area contributed by atoms with Gasteiger partial charge in [-0.15, -0.1) is 0 Å². The minimum atomic E-state index is -0.419. The molecule has 1 N–H and O–H groups in total. The Bertz CT molecular complexity index is 595. The number of amides is 2. The lowest BCUT2D eigenvalue weighted by atomic mass is 10.1. The number of carbonyl (C=O) groups excluding carboxylic acids is 1. The lowest BCUT2D eigenvalue weighted by Crippen LogP contribution is -2.51. The van der Waals surface area contributed by atoms with E-state index in [1.807, 2.05) is 4.90 Å². The van der Waals surface area contributed by atoms with Crippen molar-refractivity contribution in [1.29, 1.82) is 0 Å². The second-order valence-corrected chi connectivity index (χ2v) is 5.71. The van der Waals surface area contributed by atoms with Gasteiger partial charge in [0.15, 0.2) is 0 Å². The van der Waals surface area contributed by atoms with Crippen molar-refractivity contribution in [3.05, 3.63) is 38.9 Å². The van der Waals surface area contributed by atoms with E-state index in [9.17, 15) is 14.9 Å². The molecule has 1 aromatic carbocycles. The third-order valence-corrected chi connectivity index (χ3v) is 4.32. The number of non-ortho nitro benzene ring substituents is 1. The van der Waals surface area contributed by atoms with Gasteiger partial charge in [-0.05, 0) is 11.6 Å². The number of nitro benzene ring substituents is 1. The number of nitrogens with one attached hydrogen (secondary N) is 1. The van der Waals surface area contributed by atoms with Crippen LogP contribution in [0.5, 0.6) is 0 Å². The van der Waals surface area contributed by atoms with Gasteiger partial charge in [0.1, 0.15) is 0 Å². The molecule has 112 valence electrons. The fourth-order valence-electron chi connectivity index (χ4n) is 2.85. The first-order valence-corrected chi connectivity index (χ1v) is 7.12. The molecule has 2 aliphatic rings. The van der Waals surface area contributed by atoms with Crippen LogP contribution >= 0.6 is 11.6 Å². The summed E-state index contributed by atoms with van der Waals surface area (Å²) in [5, 5.41) is 14.2. The van der Waals surface area contributed by atoms with E-state index < -0.39 is 4.92 Å². The zero-order valence-electron chi connectivity index (χ0n) is 11.3. The number of halogens is 1. The third kappa shape index (κ3) is 2.79. The van der Waals surface area contributed by atoms with Crippen LogP contribution in [-0.2, 0) is 6.54 Å². The number of piperazine rings is 1. The lowest BCUT2D eigenvalue weighted by Gasteiger charge is -2.36. The van der Waals surface area contributed by atoms with Crippen molar-refractivity contribution < 1.29 is 9.72 Å².